The summed E-state index contributed by atoms with van der Waals surface area (Å²) in [4.78, 5) is 14.6. The summed E-state index contributed by atoms with van der Waals surface area (Å²) in [5.74, 6) is 3.61. The van der Waals surface area contributed by atoms with Gasteiger partial charge in [-0.2, -0.15) is 0 Å². The molecule has 0 spiro atoms. The molecular weight excluding hydrogens is 376 g/mol. The van der Waals surface area contributed by atoms with E-state index in [9.17, 15) is 4.79 Å². The molecule has 2 heterocycles. The number of benzene rings is 1. The third-order valence-electron chi connectivity index (χ3n) is 5.04. The van der Waals surface area contributed by atoms with Crippen LogP contribution in [0.5, 0.6) is 11.5 Å². The molecule has 0 atom stereocenters. The van der Waals surface area contributed by atoms with E-state index < -0.39 is 0 Å². The van der Waals surface area contributed by atoms with Gasteiger partial charge in [0.1, 0.15) is 19.0 Å². The number of aromatic nitrogens is 3. The minimum Gasteiger partial charge on any atom is -0.486 e. The molecule has 1 fully saturated rings. The number of thioether (sulfide) groups is 1. The largest absolute Gasteiger partial charge is 0.486 e. The molecule has 1 amide bonds. The van der Waals surface area contributed by atoms with Gasteiger partial charge in [-0.25, -0.2) is 0 Å². The summed E-state index contributed by atoms with van der Waals surface area (Å²) in [6.07, 6.45) is 2.39. The van der Waals surface area contributed by atoms with Crippen LogP contribution in [0, 0.1) is 0 Å². The van der Waals surface area contributed by atoms with Gasteiger partial charge in [-0.1, -0.05) is 17.8 Å². The molecule has 0 radical (unpaired) electrons. The molecule has 0 N–H and O–H groups in total. The average Bonchev–Trinajstić information content (AvgIpc) is 3.49. The Hall–Kier alpha value is -2.22. The Morgan fingerprint density at radius 1 is 1.21 bits per heavy atom. The quantitative estimate of drug-likeness (QED) is 0.632. The Bertz CT molecular complexity index is 850. The second-order valence-electron chi connectivity index (χ2n) is 7.03. The molecule has 1 aliphatic carbocycles. The average molecular weight is 403 g/mol. The van der Waals surface area contributed by atoms with Crippen LogP contribution < -0.4 is 9.47 Å². The van der Waals surface area contributed by atoms with Crippen LogP contribution in [0.15, 0.2) is 23.4 Å². The van der Waals surface area contributed by atoms with E-state index in [1.807, 2.05) is 30.0 Å². The second kappa shape index (κ2) is 8.43. The Labute approximate surface area is 169 Å². The molecule has 1 aliphatic heterocycles. The molecule has 8 heteroatoms. The van der Waals surface area contributed by atoms with Crippen molar-refractivity contribution in [3.8, 4) is 11.5 Å². The Morgan fingerprint density at radius 3 is 2.71 bits per heavy atom. The van der Waals surface area contributed by atoms with E-state index in [-0.39, 0.29) is 5.91 Å². The van der Waals surface area contributed by atoms with Gasteiger partial charge in [-0.15, -0.1) is 10.2 Å². The lowest BCUT2D eigenvalue weighted by Crippen LogP contribution is -2.32. The minimum absolute atomic E-state index is 0.0982. The van der Waals surface area contributed by atoms with Crippen molar-refractivity contribution in [1.29, 1.82) is 0 Å². The third kappa shape index (κ3) is 4.11. The first-order valence-electron chi connectivity index (χ1n) is 9.91. The molecule has 2 aliphatic rings. The number of carbonyl (C=O) groups excluding carboxylic acids is 1. The highest BCUT2D eigenvalue weighted by atomic mass is 32.2. The van der Waals surface area contributed by atoms with Crippen LogP contribution in [0.4, 0.5) is 0 Å². The fourth-order valence-corrected chi connectivity index (χ4v) is 4.26. The maximum atomic E-state index is 12.8. The van der Waals surface area contributed by atoms with E-state index in [1.165, 1.54) is 24.6 Å². The van der Waals surface area contributed by atoms with E-state index >= 15 is 0 Å². The van der Waals surface area contributed by atoms with Crippen LogP contribution in [-0.4, -0.2) is 51.1 Å². The number of nitrogens with zero attached hydrogens (tertiary/aromatic N) is 4. The number of rotatable bonds is 8. The van der Waals surface area contributed by atoms with Crippen molar-refractivity contribution in [1.82, 2.24) is 19.7 Å². The maximum Gasteiger partial charge on any atom is 0.233 e. The van der Waals surface area contributed by atoms with Gasteiger partial charge in [0.05, 0.1) is 5.75 Å². The minimum atomic E-state index is 0.0982. The number of hydrogen-bond donors (Lipinski definition) is 0. The molecule has 4 rings (SSSR count). The summed E-state index contributed by atoms with van der Waals surface area (Å²) in [6.45, 7) is 7.28. The van der Waals surface area contributed by atoms with Crippen LogP contribution in [0.25, 0.3) is 0 Å². The van der Waals surface area contributed by atoms with Crippen LogP contribution in [0.3, 0.4) is 0 Å². The van der Waals surface area contributed by atoms with Gasteiger partial charge in [0.25, 0.3) is 0 Å². The van der Waals surface area contributed by atoms with Gasteiger partial charge >= 0.3 is 0 Å². The van der Waals surface area contributed by atoms with E-state index in [0.29, 0.717) is 38.0 Å². The molecule has 1 aromatic carbocycles. The smallest absolute Gasteiger partial charge is 0.233 e. The Balaban J connectivity index is 1.38. The SMILES string of the molecule is CCN(Cc1ccc2c(c1)OCCO2)C(=O)CSc1nnc(C2CC2)n1CC. The van der Waals surface area contributed by atoms with Crippen molar-refractivity contribution in [2.45, 2.75) is 50.9 Å². The number of amides is 1. The fourth-order valence-electron chi connectivity index (χ4n) is 3.35. The summed E-state index contributed by atoms with van der Waals surface area (Å²) in [5.41, 5.74) is 1.04. The summed E-state index contributed by atoms with van der Waals surface area (Å²) < 4.78 is 13.4. The molecule has 0 saturated heterocycles. The van der Waals surface area contributed by atoms with Crippen molar-refractivity contribution < 1.29 is 14.3 Å². The van der Waals surface area contributed by atoms with E-state index in [2.05, 4.69) is 21.7 Å². The first-order valence-corrected chi connectivity index (χ1v) is 10.9. The van der Waals surface area contributed by atoms with Crippen molar-refractivity contribution in [3.63, 3.8) is 0 Å². The number of hydrogen-bond acceptors (Lipinski definition) is 6. The van der Waals surface area contributed by atoms with Crippen LogP contribution in [0.1, 0.15) is 44.0 Å². The van der Waals surface area contributed by atoms with Gasteiger partial charge in [0, 0.05) is 25.6 Å². The summed E-state index contributed by atoms with van der Waals surface area (Å²) in [7, 11) is 0. The Morgan fingerprint density at radius 2 is 2.00 bits per heavy atom. The van der Waals surface area contributed by atoms with Crippen molar-refractivity contribution in [2.24, 2.45) is 0 Å². The first kappa shape index (κ1) is 19.1. The zero-order chi connectivity index (χ0) is 19.5. The lowest BCUT2D eigenvalue weighted by Gasteiger charge is -2.23. The molecule has 2 aromatic rings. The van der Waals surface area contributed by atoms with Gasteiger partial charge in [0.15, 0.2) is 16.7 Å². The molecule has 0 bridgehead atoms. The zero-order valence-electron chi connectivity index (χ0n) is 16.4. The zero-order valence-corrected chi connectivity index (χ0v) is 17.2. The monoisotopic (exact) mass is 402 g/mol. The highest BCUT2D eigenvalue weighted by Gasteiger charge is 2.30. The highest BCUT2D eigenvalue weighted by Crippen LogP contribution is 2.40. The lowest BCUT2D eigenvalue weighted by atomic mass is 10.2. The van der Waals surface area contributed by atoms with Gasteiger partial charge in [-0.3, -0.25) is 4.79 Å². The maximum absolute atomic E-state index is 12.8. The van der Waals surface area contributed by atoms with Crippen LogP contribution in [-0.2, 0) is 17.9 Å². The predicted octanol–water partition coefficient (Wildman–Crippen LogP) is 3.09. The topological polar surface area (TPSA) is 69.5 Å². The van der Waals surface area contributed by atoms with Gasteiger partial charge in [0.2, 0.25) is 5.91 Å². The van der Waals surface area contributed by atoms with Crippen molar-refractivity contribution in [2.75, 3.05) is 25.5 Å². The third-order valence-corrected chi connectivity index (χ3v) is 5.99. The summed E-state index contributed by atoms with van der Waals surface area (Å²) in [6, 6.07) is 5.87. The normalized spacial score (nSPS) is 15.5. The van der Waals surface area contributed by atoms with E-state index in [1.54, 1.807) is 0 Å². The molecule has 0 unspecified atom stereocenters. The number of ether oxygens (including phenoxy) is 2. The van der Waals surface area contributed by atoms with Gasteiger partial charge in [-0.05, 0) is 44.4 Å². The Kier molecular flexibility index (Phi) is 5.75. The van der Waals surface area contributed by atoms with E-state index in [0.717, 1.165) is 34.6 Å². The lowest BCUT2D eigenvalue weighted by molar-refractivity contribution is -0.128. The van der Waals surface area contributed by atoms with Crippen LogP contribution >= 0.6 is 11.8 Å². The highest BCUT2D eigenvalue weighted by molar-refractivity contribution is 7.99. The molecular formula is C20H26N4O3S. The molecule has 28 heavy (non-hydrogen) atoms. The standard InChI is InChI=1S/C20H26N4O3S/c1-3-23(12-14-5-8-16-17(11-14)27-10-9-26-16)18(25)13-28-20-22-21-19(15-6-7-15)24(20)4-2/h5,8,11,15H,3-4,6-7,9-10,12-13H2,1-2H3. The summed E-state index contributed by atoms with van der Waals surface area (Å²) in [5, 5.41) is 9.50. The van der Waals surface area contributed by atoms with Crippen LogP contribution in [0.2, 0.25) is 0 Å². The molecule has 1 aromatic heterocycles. The first-order chi connectivity index (χ1) is 13.7. The van der Waals surface area contributed by atoms with E-state index in [4.69, 9.17) is 9.47 Å². The molecule has 7 nitrogen and oxygen atoms in total. The van der Waals surface area contributed by atoms with Crippen molar-refractivity contribution >= 4 is 17.7 Å². The van der Waals surface area contributed by atoms with Crippen molar-refractivity contribution in [3.05, 3.63) is 29.6 Å². The number of fused-ring (bicyclic) bond motifs is 1. The fraction of sp³-hybridized carbons (Fsp3) is 0.550. The molecule has 1 saturated carbocycles. The molecule has 150 valence electrons. The summed E-state index contributed by atoms with van der Waals surface area (Å²) >= 11 is 1.48. The number of carbonyl (C=O) groups is 1. The predicted molar refractivity (Wildman–Crippen MR) is 107 cm³/mol. The van der Waals surface area contributed by atoms with Gasteiger partial charge < -0.3 is 18.9 Å². The second-order valence-corrected chi connectivity index (χ2v) is 7.98.